The normalized spacial score (nSPS) is 9.93. The van der Waals surface area contributed by atoms with Crippen molar-refractivity contribution in [3.8, 4) is 5.75 Å². The SMILES string of the molecule is COc1ccc(C)cc1CC(=O)CN. The van der Waals surface area contributed by atoms with Gasteiger partial charge in [-0.05, 0) is 13.0 Å². The number of ketones is 1. The van der Waals surface area contributed by atoms with Crippen molar-refractivity contribution in [1.29, 1.82) is 0 Å². The van der Waals surface area contributed by atoms with Crippen molar-refractivity contribution in [2.24, 2.45) is 5.73 Å². The van der Waals surface area contributed by atoms with Crippen LogP contribution in [0, 0.1) is 6.92 Å². The predicted octanol–water partition coefficient (Wildman–Crippen LogP) is 1.07. The standard InChI is InChI=1S/C11H15NO2/c1-8-3-4-11(14-2)9(5-8)6-10(13)7-12/h3-5H,6-7,12H2,1-2H3. The number of hydrogen-bond donors (Lipinski definition) is 1. The van der Waals surface area contributed by atoms with Gasteiger partial charge in [0.05, 0.1) is 13.7 Å². The molecule has 1 aromatic rings. The van der Waals surface area contributed by atoms with Crippen LogP contribution < -0.4 is 10.5 Å². The van der Waals surface area contributed by atoms with Crippen LogP contribution in [0.2, 0.25) is 0 Å². The Kier molecular flexibility index (Phi) is 3.65. The van der Waals surface area contributed by atoms with Gasteiger partial charge in [-0.3, -0.25) is 4.79 Å². The summed E-state index contributed by atoms with van der Waals surface area (Å²) in [6, 6.07) is 5.77. The van der Waals surface area contributed by atoms with E-state index in [1.807, 2.05) is 25.1 Å². The fourth-order valence-corrected chi connectivity index (χ4v) is 1.33. The van der Waals surface area contributed by atoms with Crippen LogP contribution in [0.3, 0.4) is 0 Å². The topological polar surface area (TPSA) is 52.3 Å². The minimum absolute atomic E-state index is 0.0221. The van der Waals surface area contributed by atoms with Crippen LogP contribution in [-0.2, 0) is 11.2 Å². The molecule has 14 heavy (non-hydrogen) atoms. The zero-order valence-electron chi connectivity index (χ0n) is 8.54. The molecular weight excluding hydrogens is 178 g/mol. The van der Waals surface area contributed by atoms with Crippen LogP contribution in [0.15, 0.2) is 18.2 Å². The van der Waals surface area contributed by atoms with Gasteiger partial charge in [0.2, 0.25) is 0 Å². The lowest BCUT2D eigenvalue weighted by molar-refractivity contribution is -0.117. The molecule has 0 fully saturated rings. The number of Topliss-reactive ketones (excluding diaryl/α,β-unsaturated/α-hetero) is 1. The summed E-state index contributed by atoms with van der Waals surface area (Å²) < 4.78 is 5.15. The van der Waals surface area contributed by atoms with Crippen molar-refractivity contribution in [2.75, 3.05) is 13.7 Å². The highest BCUT2D eigenvalue weighted by molar-refractivity contribution is 5.83. The van der Waals surface area contributed by atoms with E-state index in [-0.39, 0.29) is 12.3 Å². The van der Waals surface area contributed by atoms with Gasteiger partial charge in [0.25, 0.3) is 0 Å². The molecule has 1 aromatic carbocycles. The highest BCUT2D eigenvalue weighted by Crippen LogP contribution is 2.20. The lowest BCUT2D eigenvalue weighted by Gasteiger charge is -2.08. The van der Waals surface area contributed by atoms with E-state index in [0.717, 1.165) is 16.9 Å². The Morgan fingerprint density at radius 1 is 1.50 bits per heavy atom. The number of methoxy groups -OCH3 is 1. The van der Waals surface area contributed by atoms with Crippen LogP contribution >= 0.6 is 0 Å². The smallest absolute Gasteiger partial charge is 0.150 e. The molecule has 0 unspecified atom stereocenters. The first-order chi connectivity index (χ1) is 6.67. The van der Waals surface area contributed by atoms with Crippen LogP contribution in [0.25, 0.3) is 0 Å². The highest BCUT2D eigenvalue weighted by atomic mass is 16.5. The average molecular weight is 193 g/mol. The number of benzene rings is 1. The molecule has 0 heterocycles. The van der Waals surface area contributed by atoms with E-state index in [2.05, 4.69) is 0 Å². The molecule has 0 spiro atoms. The number of carbonyl (C=O) groups excluding carboxylic acids is 1. The molecule has 0 aromatic heterocycles. The maximum absolute atomic E-state index is 11.2. The Bertz CT molecular complexity index is 334. The van der Waals surface area contributed by atoms with Crippen molar-refractivity contribution >= 4 is 5.78 Å². The minimum atomic E-state index is 0.0221. The van der Waals surface area contributed by atoms with Gasteiger partial charge in [0.15, 0.2) is 5.78 Å². The fraction of sp³-hybridized carbons (Fsp3) is 0.364. The van der Waals surface area contributed by atoms with Gasteiger partial charge in [0.1, 0.15) is 5.75 Å². The Morgan fingerprint density at radius 2 is 2.21 bits per heavy atom. The van der Waals surface area contributed by atoms with Gasteiger partial charge in [0, 0.05) is 12.0 Å². The van der Waals surface area contributed by atoms with Crippen LogP contribution in [0.4, 0.5) is 0 Å². The number of hydrogen-bond acceptors (Lipinski definition) is 3. The third-order valence-electron chi connectivity index (χ3n) is 2.05. The van der Waals surface area contributed by atoms with Crippen LogP contribution in [0.1, 0.15) is 11.1 Å². The summed E-state index contributed by atoms with van der Waals surface area (Å²) in [5, 5.41) is 0. The van der Waals surface area contributed by atoms with E-state index in [0.29, 0.717) is 6.42 Å². The molecule has 0 bridgehead atoms. The van der Waals surface area contributed by atoms with Crippen LogP contribution in [-0.4, -0.2) is 19.4 Å². The third-order valence-corrected chi connectivity index (χ3v) is 2.05. The lowest BCUT2D eigenvalue weighted by Crippen LogP contribution is -2.16. The van der Waals surface area contributed by atoms with E-state index >= 15 is 0 Å². The summed E-state index contributed by atoms with van der Waals surface area (Å²) >= 11 is 0. The van der Waals surface area contributed by atoms with Gasteiger partial charge in [-0.15, -0.1) is 0 Å². The molecule has 0 amide bonds. The quantitative estimate of drug-likeness (QED) is 0.778. The first kappa shape index (κ1) is 10.7. The number of ether oxygens (including phenoxy) is 1. The molecule has 2 N–H and O–H groups in total. The summed E-state index contributed by atoms with van der Waals surface area (Å²) in [4.78, 5) is 11.2. The van der Waals surface area contributed by atoms with Gasteiger partial charge in [-0.2, -0.15) is 0 Å². The molecule has 3 heteroatoms. The Morgan fingerprint density at radius 3 is 2.79 bits per heavy atom. The van der Waals surface area contributed by atoms with Crippen LogP contribution in [0.5, 0.6) is 5.75 Å². The second-order valence-electron chi connectivity index (χ2n) is 3.23. The molecule has 0 radical (unpaired) electrons. The first-order valence-electron chi connectivity index (χ1n) is 4.52. The maximum Gasteiger partial charge on any atom is 0.150 e. The predicted molar refractivity (Wildman–Crippen MR) is 55.5 cm³/mol. The zero-order chi connectivity index (χ0) is 10.6. The first-order valence-corrected chi connectivity index (χ1v) is 4.52. The van der Waals surface area contributed by atoms with Crippen molar-refractivity contribution < 1.29 is 9.53 Å². The molecule has 0 saturated heterocycles. The summed E-state index contributed by atoms with van der Waals surface area (Å²) in [5.74, 6) is 0.770. The second-order valence-corrected chi connectivity index (χ2v) is 3.23. The average Bonchev–Trinajstić information content (AvgIpc) is 2.18. The highest BCUT2D eigenvalue weighted by Gasteiger charge is 2.07. The van der Waals surface area contributed by atoms with Crippen molar-refractivity contribution in [3.63, 3.8) is 0 Å². The lowest BCUT2D eigenvalue weighted by atomic mass is 10.1. The van der Waals surface area contributed by atoms with Gasteiger partial charge in [-0.25, -0.2) is 0 Å². The van der Waals surface area contributed by atoms with E-state index in [9.17, 15) is 4.79 Å². The number of carbonyl (C=O) groups is 1. The number of rotatable bonds is 4. The van der Waals surface area contributed by atoms with Crippen molar-refractivity contribution in [3.05, 3.63) is 29.3 Å². The molecule has 1 rings (SSSR count). The van der Waals surface area contributed by atoms with Gasteiger partial charge < -0.3 is 10.5 Å². The molecule has 0 aliphatic heterocycles. The number of nitrogens with two attached hydrogens (primary N) is 1. The molecule has 0 aliphatic carbocycles. The van der Waals surface area contributed by atoms with Crippen molar-refractivity contribution in [1.82, 2.24) is 0 Å². The monoisotopic (exact) mass is 193 g/mol. The Hall–Kier alpha value is -1.35. The van der Waals surface area contributed by atoms with Gasteiger partial charge >= 0.3 is 0 Å². The maximum atomic E-state index is 11.2. The zero-order valence-corrected chi connectivity index (χ0v) is 8.54. The van der Waals surface area contributed by atoms with E-state index in [1.165, 1.54) is 0 Å². The molecule has 0 aliphatic rings. The Labute approximate surface area is 83.9 Å². The second kappa shape index (κ2) is 4.77. The van der Waals surface area contributed by atoms with E-state index in [4.69, 9.17) is 10.5 Å². The molecule has 3 nitrogen and oxygen atoms in total. The summed E-state index contributed by atoms with van der Waals surface area (Å²) in [6.45, 7) is 2.06. The van der Waals surface area contributed by atoms with E-state index in [1.54, 1.807) is 7.11 Å². The third kappa shape index (κ3) is 2.57. The summed E-state index contributed by atoms with van der Waals surface area (Å²) in [5.41, 5.74) is 7.28. The van der Waals surface area contributed by atoms with Crippen molar-refractivity contribution in [2.45, 2.75) is 13.3 Å². The summed E-state index contributed by atoms with van der Waals surface area (Å²) in [6.07, 6.45) is 0.349. The van der Waals surface area contributed by atoms with Gasteiger partial charge in [-0.1, -0.05) is 17.7 Å². The molecule has 76 valence electrons. The summed E-state index contributed by atoms with van der Waals surface area (Å²) in [7, 11) is 1.60. The van der Waals surface area contributed by atoms with E-state index < -0.39 is 0 Å². The minimum Gasteiger partial charge on any atom is -0.496 e. The molecule has 0 atom stereocenters. The molecular formula is C11H15NO2. The largest absolute Gasteiger partial charge is 0.496 e. The Balaban J connectivity index is 2.93. The fourth-order valence-electron chi connectivity index (χ4n) is 1.33. The molecule has 0 saturated carbocycles. The number of aryl methyl sites for hydroxylation is 1.